The van der Waals surface area contributed by atoms with Crippen molar-refractivity contribution >= 4 is 29.7 Å². The van der Waals surface area contributed by atoms with Gasteiger partial charge in [-0.15, -0.1) is 12.4 Å². The quantitative estimate of drug-likeness (QED) is 0.731. The Morgan fingerprint density at radius 1 is 1.21 bits per heavy atom. The normalized spacial score (nSPS) is 9.92. The summed E-state index contributed by atoms with van der Waals surface area (Å²) < 4.78 is 5.59. The minimum absolute atomic E-state index is 0. The second kappa shape index (κ2) is 9.83. The van der Waals surface area contributed by atoms with E-state index in [-0.39, 0.29) is 18.3 Å². The van der Waals surface area contributed by atoms with Crippen LogP contribution in [0.4, 0.5) is 11.4 Å². The Labute approximate surface area is 149 Å². The van der Waals surface area contributed by atoms with E-state index < -0.39 is 0 Å². The van der Waals surface area contributed by atoms with E-state index in [0.29, 0.717) is 19.4 Å². The van der Waals surface area contributed by atoms with Crippen molar-refractivity contribution in [3.8, 4) is 5.75 Å². The highest BCUT2D eigenvalue weighted by atomic mass is 35.5. The molecule has 24 heavy (non-hydrogen) atoms. The van der Waals surface area contributed by atoms with Crippen molar-refractivity contribution in [2.24, 2.45) is 0 Å². The molecule has 0 radical (unpaired) electrons. The van der Waals surface area contributed by atoms with Crippen LogP contribution in [0.15, 0.2) is 42.5 Å². The molecule has 0 aliphatic rings. The van der Waals surface area contributed by atoms with Gasteiger partial charge in [0.05, 0.1) is 6.61 Å². The Kier molecular flexibility index (Phi) is 8.13. The van der Waals surface area contributed by atoms with Gasteiger partial charge < -0.3 is 15.8 Å². The maximum absolute atomic E-state index is 12.1. The molecular weight excluding hydrogens is 324 g/mol. The molecule has 2 rings (SSSR count). The van der Waals surface area contributed by atoms with Crippen LogP contribution in [0.2, 0.25) is 0 Å². The number of para-hydroxylation sites is 1. The van der Waals surface area contributed by atoms with E-state index in [4.69, 9.17) is 10.5 Å². The number of nitrogens with one attached hydrogen (secondary N) is 1. The van der Waals surface area contributed by atoms with Crippen LogP contribution in [0.25, 0.3) is 0 Å². The average Bonchev–Trinajstić information content (AvgIpc) is 2.54. The predicted octanol–water partition coefficient (Wildman–Crippen LogP) is 4.36. The molecule has 0 saturated heterocycles. The summed E-state index contributed by atoms with van der Waals surface area (Å²) in [6, 6.07) is 13.3. The number of hydrogen-bond acceptors (Lipinski definition) is 3. The number of nitrogens with two attached hydrogens (primary N) is 1. The zero-order valence-corrected chi connectivity index (χ0v) is 15.0. The lowest BCUT2D eigenvalue weighted by molar-refractivity contribution is -0.116. The van der Waals surface area contributed by atoms with Crippen LogP contribution in [0.1, 0.15) is 30.9 Å². The molecule has 0 fully saturated rings. The third kappa shape index (κ3) is 5.78. The van der Waals surface area contributed by atoms with Crippen LogP contribution in [-0.4, -0.2) is 12.5 Å². The number of rotatable bonds is 7. The minimum atomic E-state index is -0.0152. The summed E-state index contributed by atoms with van der Waals surface area (Å²) in [7, 11) is 0. The Hall–Kier alpha value is -2.20. The van der Waals surface area contributed by atoms with Gasteiger partial charge in [-0.1, -0.05) is 25.1 Å². The molecule has 0 unspecified atom stereocenters. The van der Waals surface area contributed by atoms with Crippen molar-refractivity contribution in [3.05, 3.63) is 53.6 Å². The lowest BCUT2D eigenvalue weighted by Gasteiger charge is -2.11. The monoisotopic (exact) mass is 348 g/mol. The largest absolute Gasteiger partial charge is 0.494 e. The summed E-state index contributed by atoms with van der Waals surface area (Å²) in [4.78, 5) is 12.1. The van der Waals surface area contributed by atoms with Crippen LogP contribution in [0, 0.1) is 6.92 Å². The first-order chi connectivity index (χ1) is 11.1. The minimum Gasteiger partial charge on any atom is -0.494 e. The van der Waals surface area contributed by atoms with Crippen LogP contribution in [-0.2, 0) is 11.2 Å². The Morgan fingerprint density at radius 2 is 1.96 bits per heavy atom. The number of ether oxygens (including phenoxy) is 1. The van der Waals surface area contributed by atoms with Crippen LogP contribution < -0.4 is 15.8 Å². The van der Waals surface area contributed by atoms with E-state index in [1.165, 1.54) is 0 Å². The lowest BCUT2D eigenvalue weighted by Crippen LogP contribution is -2.13. The highest BCUT2D eigenvalue weighted by Gasteiger charge is 2.07. The maximum atomic E-state index is 12.1. The summed E-state index contributed by atoms with van der Waals surface area (Å²) in [5, 5.41) is 2.95. The van der Waals surface area contributed by atoms with E-state index >= 15 is 0 Å². The van der Waals surface area contributed by atoms with Gasteiger partial charge in [0.2, 0.25) is 5.91 Å². The molecule has 130 valence electrons. The highest BCUT2D eigenvalue weighted by molar-refractivity contribution is 5.91. The number of aryl methyl sites for hydroxylation is 2. The number of halogens is 1. The van der Waals surface area contributed by atoms with Crippen molar-refractivity contribution < 1.29 is 9.53 Å². The van der Waals surface area contributed by atoms with Crippen LogP contribution in [0.3, 0.4) is 0 Å². The number of hydrogen-bond donors (Lipinski definition) is 2. The average molecular weight is 349 g/mol. The topological polar surface area (TPSA) is 64.3 Å². The standard InChI is InChI=1S/C19H24N2O2.ClH/c1-3-12-23-16-9-10-18(14(2)13-16)21-19(22)11-8-15-6-4-5-7-17(15)20;/h4-7,9-10,13H,3,8,11-12,20H2,1-2H3,(H,21,22);1H. The van der Waals surface area contributed by atoms with Crippen LogP contribution in [0.5, 0.6) is 5.75 Å². The fraction of sp³-hybridized carbons (Fsp3) is 0.316. The molecule has 0 aromatic heterocycles. The molecule has 0 bridgehead atoms. The van der Waals surface area contributed by atoms with Crippen molar-refractivity contribution in [2.75, 3.05) is 17.7 Å². The number of anilines is 2. The van der Waals surface area contributed by atoms with Gasteiger partial charge in [0.1, 0.15) is 5.75 Å². The van der Waals surface area contributed by atoms with Crippen molar-refractivity contribution in [1.29, 1.82) is 0 Å². The zero-order valence-electron chi connectivity index (χ0n) is 14.2. The van der Waals surface area contributed by atoms with Gasteiger partial charge in [-0.2, -0.15) is 0 Å². The molecule has 0 aliphatic carbocycles. The highest BCUT2D eigenvalue weighted by Crippen LogP contribution is 2.22. The fourth-order valence-corrected chi connectivity index (χ4v) is 2.31. The second-order valence-electron chi connectivity index (χ2n) is 5.57. The molecule has 4 nitrogen and oxygen atoms in total. The number of carbonyl (C=O) groups is 1. The lowest BCUT2D eigenvalue weighted by atomic mass is 10.1. The van der Waals surface area contributed by atoms with Crippen LogP contribution >= 0.6 is 12.4 Å². The molecule has 2 aromatic rings. The Balaban J connectivity index is 0.00000288. The van der Waals surface area contributed by atoms with Gasteiger partial charge in [-0.25, -0.2) is 0 Å². The summed E-state index contributed by atoms with van der Waals surface area (Å²) in [5.74, 6) is 0.818. The number of nitrogen functional groups attached to an aromatic ring is 1. The first-order valence-corrected chi connectivity index (χ1v) is 7.97. The zero-order chi connectivity index (χ0) is 16.7. The third-order valence-corrected chi connectivity index (χ3v) is 3.62. The van der Waals surface area contributed by atoms with Gasteiger partial charge in [0, 0.05) is 17.8 Å². The first-order valence-electron chi connectivity index (χ1n) is 7.97. The number of carbonyl (C=O) groups excluding carboxylic acids is 1. The van der Waals surface area contributed by atoms with Gasteiger partial charge in [0.25, 0.3) is 0 Å². The van der Waals surface area contributed by atoms with Gasteiger partial charge in [0.15, 0.2) is 0 Å². The van der Waals surface area contributed by atoms with E-state index in [1.54, 1.807) is 0 Å². The van der Waals surface area contributed by atoms with Gasteiger partial charge in [-0.05, 0) is 55.2 Å². The SMILES string of the molecule is CCCOc1ccc(NC(=O)CCc2ccccc2N)c(C)c1.Cl. The first kappa shape index (κ1) is 19.8. The van der Waals surface area contributed by atoms with Gasteiger partial charge >= 0.3 is 0 Å². The smallest absolute Gasteiger partial charge is 0.224 e. The summed E-state index contributed by atoms with van der Waals surface area (Å²) >= 11 is 0. The van der Waals surface area contributed by atoms with Crippen molar-refractivity contribution in [2.45, 2.75) is 33.1 Å². The molecule has 5 heteroatoms. The summed E-state index contributed by atoms with van der Waals surface area (Å²) in [6.07, 6.45) is 2.01. The predicted molar refractivity (Wildman–Crippen MR) is 102 cm³/mol. The molecule has 2 aromatic carbocycles. The van der Waals surface area contributed by atoms with E-state index in [9.17, 15) is 4.79 Å². The van der Waals surface area contributed by atoms with E-state index in [0.717, 1.165) is 34.7 Å². The number of amides is 1. The fourth-order valence-electron chi connectivity index (χ4n) is 2.31. The molecule has 0 spiro atoms. The third-order valence-electron chi connectivity index (χ3n) is 3.62. The molecule has 3 N–H and O–H groups in total. The summed E-state index contributed by atoms with van der Waals surface area (Å²) in [6.45, 7) is 4.73. The molecule has 0 aliphatic heterocycles. The molecular formula is C19H25ClN2O2. The van der Waals surface area contributed by atoms with Gasteiger partial charge in [-0.3, -0.25) is 4.79 Å². The van der Waals surface area contributed by atoms with Crippen molar-refractivity contribution in [3.63, 3.8) is 0 Å². The molecule has 0 atom stereocenters. The second-order valence-corrected chi connectivity index (χ2v) is 5.57. The van der Waals surface area contributed by atoms with Crippen molar-refractivity contribution in [1.82, 2.24) is 0 Å². The molecule has 1 amide bonds. The Morgan fingerprint density at radius 3 is 2.62 bits per heavy atom. The molecule has 0 heterocycles. The number of benzene rings is 2. The summed E-state index contributed by atoms with van der Waals surface area (Å²) in [5.41, 5.74) is 9.44. The van der Waals surface area contributed by atoms with E-state index in [1.807, 2.05) is 49.4 Å². The molecule has 0 saturated carbocycles. The Bertz CT molecular complexity index is 674. The van der Waals surface area contributed by atoms with E-state index in [2.05, 4.69) is 12.2 Å². The maximum Gasteiger partial charge on any atom is 0.224 e.